The number of rotatable bonds is 7. The summed E-state index contributed by atoms with van der Waals surface area (Å²) in [6, 6.07) is 17.6. The van der Waals surface area contributed by atoms with Crippen molar-refractivity contribution in [2.24, 2.45) is 0 Å². The molecule has 0 saturated carbocycles. The van der Waals surface area contributed by atoms with Crippen LogP contribution in [0.4, 0.5) is 28.4 Å². The highest BCUT2D eigenvalue weighted by Gasteiger charge is 2.26. The first-order valence-electron chi connectivity index (χ1n) is 11.3. The normalized spacial score (nSPS) is 15.8. The number of benzene rings is 3. The number of sulfonamides is 2. The van der Waals surface area contributed by atoms with Crippen molar-refractivity contribution in [3.05, 3.63) is 66.7 Å². The summed E-state index contributed by atoms with van der Waals surface area (Å²) in [5.74, 6) is 0. The standard InChI is InChI=1S/C23H26N6O5S2/c30-35(31,18-6-2-1-3-7-18)28-21-16-17(29-14-5-12-24-13-15-29)10-11-19(21)27-36(32,33)22-9-4-8-20-23(22)26-34-25-20/h1-4,6-11,16,24-28H,5,12-15H2. The molecule has 0 aromatic heterocycles. The first-order chi connectivity index (χ1) is 17.3. The van der Waals surface area contributed by atoms with E-state index in [2.05, 4.69) is 30.6 Å². The fourth-order valence-electron chi connectivity index (χ4n) is 4.09. The Morgan fingerprint density at radius 1 is 0.778 bits per heavy atom. The van der Waals surface area contributed by atoms with Crippen molar-refractivity contribution in [3.8, 4) is 0 Å². The number of nitrogens with zero attached hydrogens (tertiary/aromatic N) is 1. The molecule has 5 N–H and O–H groups in total. The van der Waals surface area contributed by atoms with Crippen molar-refractivity contribution in [3.63, 3.8) is 0 Å². The van der Waals surface area contributed by atoms with Gasteiger partial charge in [-0.05, 0) is 55.4 Å². The molecule has 0 amide bonds. The number of nitrogens with one attached hydrogen (secondary N) is 5. The SMILES string of the molecule is O=S(=O)(Nc1cc(N2CCCNCC2)ccc1NS(=O)(=O)c1cccc2c1NON2)c1ccccc1. The van der Waals surface area contributed by atoms with E-state index in [-0.39, 0.29) is 26.9 Å². The minimum atomic E-state index is -4.12. The Bertz CT molecular complexity index is 1460. The molecule has 2 heterocycles. The zero-order chi connectivity index (χ0) is 25.2. The molecule has 36 heavy (non-hydrogen) atoms. The predicted molar refractivity (Wildman–Crippen MR) is 139 cm³/mol. The molecule has 0 bridgehead atoms. The molecule has 11 nitrogen and oxygen atoms in total. The minimum absolute atomic E-state index is 0.0514. The van der Waals surface area contributed by atoms with Crippen molar-refractivity contribution in [1.29, 1.82) is 0 Å². The Balaban J connectivity index is 1.53. The summed E-state index contributed by atoms with van der Waals surface area (Å²) in [7, 11) is -8.09. The maximum atomic E-state index is 13.4. The summed E-state index contributed by atoms with van der Waals surface area (Å²) in [5.41, 5.74) is 6.83. The number of hydrogen-bond acceptors (Lipinski definition) is 9. The van der Waals surface area contributed by atoms with Gasteiger partial charge in [0, 0.05) is 25.3 Å². The summed E-state index contributed by atoms with van der Waals surface area (Å²) in [4.78, 5) is 7.09. The molecule has 13 heteroatoms. The lowest BCUT2D eigenvalue weighted by atomic mass is 10.2. The highest BCUT2D eigenvalue weighted by molar-refractivity contribution is 7.93. The van der Waals surface area contributed by atoms with Gasteiger partial charge in [0.15, 0.2) is 0 Å². The molecule has 0 radical (unpaired) electrons. The highest BCUT2D eigenvalue weighted by atomic mass is 32.2. The average molecular weight is 531 g/mol. The van der Waals surface area contributed by atoms with Crippen LogP contribution in [-0.4, -0.2) is 43.0 Å². The minimum Gasteiger partial charge on any atom is -0.370 e. The van der Waals surface area contributed by atoms with Gasteiger partial charge in [0.05, 0.1) is 22.0 Å². The van der Waals surface area contributed by atoms with E-state index < -0.39 is 20.0 Å². The average Bonchev–Trinajstić information content (AvgIpc) is 3.19. The monoisotopic (exact) mass is 530 g/mol. The van der Waals surface area contributed by atoms with Crippen molar-refractivity contribution in [2.45, 2.75) is 16.2 Å². The second-order valence-corrected chi connectivity index (χ2v) is 11.7. The molecule has 1 saturated heterocycles. The van der Waals surface area contributed by atoms with Gasteiger partial charge in [-0.15, -0.1) is 0 Å². The first-order valence-corrected chi connectivity index (χ1v) is 14.3. The zero-order valence-corrected chi connectivity index (χ0v) is 20.8. The van der Waals surface area contributed by atoms with Gasteiger partial charge in [0.25, 0.3) is 20.0 Å². The van der Waals surface area contributed by atoms with Gasteiger partial charge in [-0.1, -0.05) is 24.3 Å². The van der Waals surface area contributed by atoms with Crippen LogP contribution in [-0.2, 0) is 25.0 Å². The van der Waals surface area contributed by atoms with E-state index in [9.17, 15) is 16.8 Å². The summed E-state index contributed by atoms with van der Waals surface area (Å²) in [6.07, 6.45) is 0.932. The van der Waals surface area contributed by atoms with Crippen LogP contribution in [0.3, 0.4) is 0 Å². The molecule has 0 aliphatic carbocycles. The van der Waals surface area contributed by atoms with Crippen molar-refractivity contribution >= 4 is 48.5 Å². The van der Waals surface area contributed by atoms with Crippen LogP contribution in [0.25, 0.3) is 0 Å². The smallest absolute Gasteiger partial charge is 0.264 e. The summed E-state index contributed by atoms with van der Waals surface area (Å²) in [6.45, 7) is 3.22. The second kappa shape index (κ2) is 9.85. The number of hydrogen-bond donors (Lipinski definition) is 5. The topological polar surface area (TPSA) is 141 Å². The Hall–Kier alpha value is -3.52. The summed E-state index contributed by atoms with van der Waals surface area (Å²) < 4.78 is 58.1. The molecule has 3 aromatic carbocycles. The van der Waals surface area contributed by atoms with Gasteiger partial charge in [-0.2, -0.15) is 4.94 Å². The third-order valence-electron chi connectivity index (χ3n) is 5.88. The lowest BCUT2D eigenvalue weighted by Crippen LogP contribution is -2.28. The van der Waals surface area contributed by atoms with Gasteiger partial charge < -0.3 is 10.2 Å². The largest absolute Gasteiger partial charge is 0.370 e. The molecule has 1 fully saturated rings. The van der Waals surface area contributed by atoms with Crippen molar-refractivity contribution in [1.82, 2.24) is 5.32 Å². The number of para-hydroxylation sites is 1. The third kappa shape index (κ3) is 5.04. The molecule has 190 valence electrons. The number of anilines is 5. The second-order valence-electron chi connectivity index (χ2n) is 8.33. The summed E-state index contributed by atoms with van der Waals surface area (Å²) >= 11 is 0. The van der Waals surface area contributed by atoms with Gasteiger partial charge in [0.1, 0.15) is 10.6 Å². The first kappa shape index (κ1) is 24.2. The van der Waals surface area contributed by atoms with Crippen LogP contribution in [0, 0.1) is 0 Å². The summed E-state index contributed by atoms with van der Waals surface area (Å²) in [5, 5.41) is 3.34. The molecular formula is C23H26N6O5S2. The third-order valence-corrected chi connectivity index (χ3v) is 8.67. The van der Waals surface area contributed by atoms with Crippen LogP contribution < -0.4 is 30.6 Å². The maximum Gasteiger partial charge on any atom is 0.264 e. The molecule has 0 unspecified atom stereocenters. The molecule has 5 rings (SSSR count). The van der Waals surface area contributed by atoms with E-state index in [4.69, 9.17) is 4.94 Å². The fraction of sp³-hybridized carbons (Fsp3) is 0.217. The van der Waals surface area contributed by atoms with Crippen molar-refractivity contribution < 1.29 is 21.8 Å². The van der Waals surface area contributed by atoms with Gasteiger partial charge in [-0.3, -0.25) is 9.44 Å². The van der Waals surface area contributed by atoms with Crippen LogP contribution >= 0.6 is 0 Å². The van der Waals surface area contributed by atoms with Gasteiger partial charge >= 0.3 is 0 Å². The highest BCUT2D eigenvalue weighted by Crippen LogP contribution is 2.36. The molecule has 2 aliphatic rings. The van der Waals surface area contributed by atoms with Gasteiger partial charge in [-0.25, -0.2) is 27.8 Å². The Morgan fingerprint density at radius 2 is 1.58 bits per heavy atom. The molecule has 0 spiro atoms. The molecule has 2 aliphatic heterocycles. The van der Waals surface area contributed by atoms with E-state index in [1.807, 2.05) is 0 Å². The van der Waals surface area contributed by atoms with E-state index in [1.165, 1.54) is 18.2 Å². The van der Waals surface area contributed by atoms with E-state index in [1.54, 1.807) is 48.5 Å². The predicted octanol–water partition coefficient (Wildman–Crippen LogP) is 2.77. The van der Waals surface area contributed by atoms with Gasteiger partial charge in [0.2, 0.25) is 0 Å². The van der Waals surface area contributed by atoms with Crippen LogP contribution in [0.15, 0.2) is 76.5 Å². The Morgan fingerprint density at radius 3 is 2.42 bits per heavy atom. The Labute approximate surface area is 209 Å². The molecular weight excluding hydrogens is 504 g/mol. The lowest BCUT2D eigenvalue weighted by Gasteiger charge is -2.24. The quantitative estimate of drug-likeness (QED) is 0.312. The van der Waals surface area contributed by atoms with Crippen LogP contribution in [0.5, 0.6) is 0 Å². The zero-order valence-electron chi connectivity index (χ0n) is 19.2. The van der Waals surface area contributed by atoms with Crippen LogP contribution in [0.1, 0.15) is 6.42 Å². The Kier molecular flexibility index (Phi) is 6.62. The number of fused-ring (bicyclic) bond motifs is 1. The van der Waals surface area contributed by atoms with E-state index in [0.29, 0.717) is 5.69 Å². The molecule has 3 aromatic rings. The van der Waals surface area contributed by atoms with E-state index >= 15 is 0 Å². The molecule has 0 atom stereocenters. The fourth-order valence-corrected chi connectivity index (χ4v) is 6.43. The van der Waals surface area contributed by atoms with E-state index in [0.717, 1.165) is 38.3 Å². The maximum absolute atomic E-state index is 13.4. The lowest BCUT2D eigenvalue weighted by molar-refractivity contribution is 0.281. The van der Waals surface area contributed by atoms with Crippen LogP contribution in [0.2, 0.25) is 0 Å². The van der Waals surface area contributed by atoms with Crippen molar-refractivity contribution in [2.75, 3.05) is 51.5 Å².